The van der Waals surface area contributed by atoms with Gasteiger partial charge in [0, 0.05) is 19.0 Å². The number of hydrogen-bond acceptors (Lipinski definition) is 5. The molecule has 0 aliphatic heterocycles. The SMILES string of the molecule is COc1cccc(N(CCCC(=O)N[C@@H]2CCCc3cc(OC)ccc32)S(C)(=O)=O)c1. The number of ether oxygens (including phenoxy) is 2. The summed E-state index contributed by atoms with van der Waals surface area (Å²) in [6.45, 7) is 0.220. The Labute approximate surface area is 184 Å². The highest BCUT2D eigenvalue weighted by molar-refractivity contribution is 7.92. The van der Waals surface area contributed by atoms with Gasteiger partial charge in [-0.3, -0.25) is 9.10 Å². The molecule has 0 spiro atoms. The molecular formula is C23H30N2O5S. The zero-order chi connectivity index (χ0) is 22.4. The lowest BCUT2D eigenvalue weighted by Gasteiger charge is -2.27. The van der Waals surface area contributed by atoms with Gasteiger partial charge in [-0.05, 0) is 61.1 Å². The van der Waals surface area contributed by atoms with Gasteiger partial charge in [-0.2, -0.15) is 0 Å². The Balaban J connectivity index is 1.60. The van der Waals surface area contributed by atoms with Gasteiger partial charge in [-0.1, -0.05) is 12.1 Å². The smallest absolute Gasteiger partial charge is 0.232 e. The zero-order valence-electron chi connectivity index (χ0n) is 18.3. The first-order chi connectivity index (χ1) is 14.8. The summed E-state index contributed by atoms with van der Waals surface area (Å²) in [7, 11) is -0.297. The zero-order valence-corrected chi connectivity index (χ0v) is 19.1. The van der Waals surface area contributed by atoms with E-state index in [0.717, 1.165) is 30.6 Å². The number of fused-ring (bicyclic) bond motifs is 1. The maximum Gasteiger partial charge on any atom is 0.232 e. The molecule has 8 heteroatoms. The Morgan fingerprint density at radius 1 is 1.13 bits per heavy atom. The number of hydrogen-bond donors (Lipinski definition) is 1. The normalized spacial score (nSPS) is 15.6. The van der Waals surface area contributed by atoms with Crippen molar-refractivity contribution < 1.29 is 22.7 Å². The molecule has 0 radical (unpaired) electrons. The quantitative estimate of drug-likeness (QED) is 0.638. The highest BCUT2D eigenvalue weighted by Crippen LogP contribution is 2.32. The maximum atomic E-state index is 12.6. The molecule has 1 aliphatic carbocycles. The van der Waals surface area contributed by atoms with Crippen LogP contribution in [-0.2, 0) is 21.2 Å². The highest BCUT2D eigenvalue weighted by Gasteiger charge is 2.23. The van der Waals surface area contributed by atoms with Gasteiger partial charge in [0.25, 0.3) is 0 Å². The van der Waals surface area contributed by atoms with Crippen LogP contribution in [-0.4, -0.2) is 41.3 Å². The van der Waals surface area contributed by atoms with Crippen LogP contribution in [0.4, 0.5) is 5.69 Å². The number of sulfonamides is 1. The molecule has 0 fully saturated rings. The number of nitrogens with zero attached hydrogens (tertiary/aromatic N) is 1. The van der Waals surface area contributed by atoms with Gasteiger partial charge in [-0.25, -0.2) is 8.42 Å². The highest BCUT2D eigenvalue weighted by atomic mass is 32.2. The summed E-state index contributed by atoms with van der Waals surface area (Å²) < 4.78 is 36.4. The van der Waals surface area contributed by atoms with Gasteiger partial charge in [0.1, 0.15) is 11.5 Å². The Morgan fingerprint density at radius 3 is 2.58 bits per heavy atom. The second-order valence-corrected chi connectivity index (χ2v) is 9.62. The maximum absolute atomic E-state index is 12.6. The van der Waals surface area contributed by atoms with Crippen LogP contribution in [0, 0.1) is 0 Å². The van der Waals surface area contributed by atoms with Crippen molar-refractivity contribution in [3.63, 3.8) is 0 Å². The molecule has 0 saturated heterocycles. The van der Waals surface area contributed by atoms with Crippen LogP contribution in [0.1, 0.15) is 42.9 Å². The van der Waals surface area contributed by atoms with Crippen molar-refractivity contribution in [3.8, 4) is 11.5 Å². The van der Waals surface area contributed by atoms with Crippen molar-refractivity contribution in [1.29, 1.82) is 0 Å². The Hall–Kier alpha value is -2.74. The van der Waals surface area contributed by atoms with E-state index in [9.17, 15) is 13.2 Å². The van der Waals surface area contributed by atoms with E-state index in [4.69, 9.17) is 9.47 Å². The molecule has 0 aromatic heterocycles. The first kappa shape index (κ1) is 22.9. The minimum atomic E-state index is -3.48. The van der Waals surface area contributed by atoms with E-state index < -0.39 is 10.0 Å². The van der Waals surface area contributed by atoms with Crippen molar-refractivity contribution >= 4 is 21.6 Å². The second kappa shape index (κ2) is 10.0. The minimum absolute atomic E-state index is 0.0217. The topological polar surface area (TPSA) is 84.9 Å². The van der Waals surface area contributed by atoms with Crippen LogP contribution in [0.25, 0.3) is 0 Å². The standard InChI is InChI=1S/C23H30N2O5S/c1-29-19-9-5-8-18(16-19)25(31(3,27)28)14-6-11-23(26)24-22-10-4-7-17-15-20(30-2)12-13-21(17)22/h5,8-9,12-13,15-16,22H,4,6-7,10-11,14H2,1-3H3,(H,24,26)/t22-/m1/s1. The first-order valence-electron chi connectivity index (χ1n) is 10.4. The van der Waals surface area contributed by atoms with Crippen LogP contribution >= 0.6 is 0 Å². The van der Waals surface area contributed by atoms with Crippen LogP contribution in [0.5, 0.6) is 11.5 Å². The summed E-state index contributed by atoms with van der Waals surface area (Å²) in [5.74, 6) is 1.33. The van der Waals surface area contributed by atoms with Crippen LogP contribution < -0.4 is 19.1 Å². The third-order valence-corrected chi connectivity index (χ3v) is 6.70. The molecule has 2 aromatic carbocycles. The van der Waals surface area contributed by atoms with Gasteiger partial charge in [-0.15, -0.1) is 0 Å². The van der Waals surface area contributed by atoms with E-state index >= 15 is 0 Å². The fourth-order valence-electron chi connectivity index (χ4n) is 3.97. The number of anilines is 1. The van der Waals surface area contributed by atoms with Crippen molar-refractivity contribution in [2.45, 2.75) is 38.1 Å². The number of nitrogens with one attached hydrogen (secondary N) is 1. The van der Waals surface area contributed by atoms with E-state index in [1.165, 1.54) is 23.2 Å². The molecule has 7 nitrogen and oxygen atoms in total. The van der Waals surface area contributed by atoms with Gasteiger partial charge >= 0.3 is 0 Å². The van der Waals surface area contributed by atoms with Crippen molar-refractivity contribution in [1.82, 2.24) is 5.32 Å². The lowest BCUT2D eigenvalue weighted by Crippen LogP contribution is -2.33. The van der Waals surface area contributed by atoms with Crippen molar-refractivity contribution in [2.24, 2.45) is 0 Å². The summed E-state index contributed by atoms with van der Waals surface area (Å²) >= 11 is 0. The summed E-state index contributed by atoms with van der Waals surface area (Å²) in [5.41, 5.74) is 2.86. The molecule has 1 amide bonds. The van der Waals surface area contributed by atoms with Gasteiger partial charge < -0.3 is 14.8 Å². The molecule has 0 saturated carbocycles. The van der Waals surface area contributed by atoms with Gasteiger partial charge in [0.2, 0.25) is 15.9 Å². The van der Waals surface area contributed by atoms with Crippen molar-refractivity contribution in [2.75, 3.05) is 31.3 Å². The predicted octanol–water partition coefficient (Wildman–Crippen LogP) is 3.44. The number of methoxy groups -OCH3 is 2. The molecule has 0 unspecified atom stereocenters. The fraction of sp³-hybridized carbons (Fsp3) is 0.435. The van der Waals surface area contributed by atoms with E-state index in [1.54, 1.807) is 31.4 Å². The molecular weight excluding hydrogens is 416 g/mol. The summed E-state index contributed by atoms with van der Waals surface area (Å²) in [4.78, 5) is 12.6. The first-order valence-corrected chi connectivity index (χ1v) is 12.2. The number of carbonyl (C=O) groups is 1. The molecule has 2 aromatic rings. The van der Waals surface area contributed by atoms with Crippen molar-refractivity contribution in [3.05, 3.63) is 53.6 Å². The largest absolute Gasteiger partial charge is 0.497 e. The predicted molar refractivity (Wildman–Crippen MR) is 121 cm³/mol. The number of amides is 1. The monoisotopic (exact) mass is 446 g/mol. The van der Waals surface area contributed by atoms with Gasteiger partial charge in [0.15, 0.2) is 0 Å². The lowest BCUT2D eigenvalue weighted by molar-refractivity contribution is -0.122. The molecule has 3 rings (SSSR count). The van der Waals surface area contributed by atoms with Gasteiger partial charge in [0.05, 0.1) is 32.2 Å². The minimum Gasteiger partial charge on any atom is -0.497 e. The van der Waals surface area contributed by atoms with E-state index in [-0.39, 0.29) is 24.9 Å². The molecule has 1 aliphatic rings. The third-order valence-electron chi connectivity index (χ3n) is 5.51. The third kappa shape index (κ3) is 5.91. The van der Waals surface area contributed by atoms with Crippen LogP contribution in [0.15, 0.2) is 42.5 Å². The average Bonchev–Trinajstić information content (AvgIpc) is 2.75. The second-order valence-electron chi connectivity index (χ2n) is 7.72. The average molecular weight is 447 g/mol. The number of aryl methyl sites for hydroxylation is 1. The van der Waals surface area contributed by atoms with Crippen LogP contribution in [0.2, 0.25) is 0 Å². The fourth-order valence-corrected chi connectivity index (χ4v) is 4.93. The Bertz CT molecular complexity index is 1020. The number of rotatable bonds is 9. The lowest BCUT2D eigenvalue weighted by atomic mass is 9.87. The molecule has 0 bridgehead atoms. The Morgan fingerprint density at radius 2 is 1.87 bits per heavy atom. The van der Waals surface area contributed by atoms with E-state index in [0.29, 0.717) is 17.9 Å². The van der Waals surface area contributed by atoms with E-state index in [1.807, 2.05) is 18.2 Å². The summed E-state index contributed by atoms with van der Waals surface area (Å²) in [6, 6.07) is 12.8. The van der Waals surface area contributed by atoms with Crippen LogP contribution in [0.3, 0.4) is 0 Å². The summed E-state index contributed by atoms with van der Waals surface area (Å²) in [6.07, 6.45) is 4.70. The number of carbonyl (C=O) groups excluding carboxylic acids is 1. The summed E-state index contributed by atoms with van der Waals surface area (Å²) in [5, 5.41) is 3.12. The molecule has 31 heavy (non-hydrogen) atoms. The molecule has 0 heterocycles. The van der Waals surface area contributed by atoms with E-state index in [2.05, 4.69) is 5.32 Å². The Kier molecular flexibility index (Phi) is 7.43. The molecule has 168 valence electrons. The number of benzene rings is 2. The molecule has 1 atom stereocenters. The molecule has 1 N–H and O–H groups in total.